The lowest BCUT2D eigenvalue weighted by Gasteiger charge is -2.24. The van der Waals surface area contributed by atoms with Gasteiger partial charge in [0.05, 0.1) is 12.5 Å². The molecule has 180 valence electrons. The quantitative estimate of drug-likeness (QED) is 0.218. The Kier molecular flexibility index (Phi) is 15.9. The maximum Gasteiger partial charge on any atom is 0.308 e. The van der Waals surface area contributed by atoms with Gasteiger partial charge in [-0.3, -0.25) is 4.79 Å². The molecule has 0 aliphatic heterocycles. The van der Waals surface area contributed by atoms with E-state index in [0.29, 0.717) is 24.4 Å². The number of carbonyl (C=O) groups excluding carboxylic acids is 1. The summed E-state index contributed by atoms with van der Waals surface area (Å²) in [5.41, 5.74) is 0. The van der Waals surface area contributed by atoms with Gasteiger partial charge in [-0.25, -0.2) is 0 Å². The third-order valence-electron chi connectivity index (χ3n) is 7.09. The molecular formula is C28H56O2. The van der Waals surface area contributed by atoms with Gasteiger partial charge in [0.2, 0.25) is 0 Å². The number of rotatable bonds is 17. The number of hydrogen-bond acceptors (Lipinski definition) is 2. The van der Waals surface area contributed by atoms with E-state index in [9.17, 15) is 4.79 Å². The van der Waals surface area contributed by atoms with Gasteiger partial charge in [-0.1, -0.05) is 82.1 Å². The molecule has 0 aromatic rings. The van der Waals surface area contributed by atoms with Crippen LogP contribution >= 0.6 is 0 Å². The summed E-state index contributed by atoms with van der Waals surface area (Å²) in [5.74, 6) is 4.88. The fraction of sp³-hybridized carbons (Fsp3) is 0.964. The van der Waals surface area contributed by atoms with E-state index in [4.69, 9.17) is 4.74 Å². The molecule has 2 nitrogen and oxygen atoms in total. The largest absolute Gasteiger partial charge is 0.465 e. The Balaban J connectivity index is 4.16. The number of carbonyl (C=O) groups is 1. The van der Waals surface area contributed by atoms with Crippen LogP contribution in [0.4, 0.5) is 0 Å². The monoisotopic (exact) mass is 424 g/mol. The lowest BCUT2D eigenvalue weighted by Crippen LogP contribution is -2.22. The van der Waals surface area contributed by atoms with E-state index in [0.717, 1.165) is 36.5 Å². The summed E-state index contributed by atoms with van der Waals surface area (Å²) in [6.45, 7) is 23.5. The summed E-state index contributed by atoms with van der Waals surface area (Å²) >= 11 is 0. The van der Waals surface area contributed by atoms with Gasteiger partial charge in [0.15, 0.2) is 0 Å². The summed E-state index contributed by atoms with van der Waals surface area (Å²) in [7, 11) is 0. The minimum Gasteiger partial charge on any atom is -0.465 e. The maximum absolute atomic E-state index is 12.5. The zero-order valence-electron chi connectivity index (χ0n) is 22.3. The molecule has 0 aromatic carbocycles. The van der Waals surface area contributed by atoms with Gasteiger partial charge in [-0.2, -0.15) is 0 Å². The second-order valence-corrected chi connectivity index (χ2v) is 11.5. The Hall–Kier alpha value is -0.530. The van der Waals surface area contributed by atoms with Crippen LogP contribution in [0.2, 0.25) is 0 Å². The topological polar surface area (TPSA) is 26.3 Å². The Labute approximate surface area is 190 Å². The van der Waals surface area contributed by atoms with Gasteiger partial charge in [-0.05, 0) is 80.0 Å². The predicted molar refractivity (Wildman–Crippen MR) is 133 cm³/mol. The molecule has 0 aromatic heterocycles. The maximum atomic E-state index is 12.5. The Bertz CT molecular complexity index is 432. The van der Waals surface area contributed by atoms with Crippen molar-refractivity contribution < 1.29 is 9.53 Å². The first kappa shape index (κ1) is 29.5. The Morgan fingerprint density at radius 2 is 0.867 bits per heavy atom. The summed E-state index contributed by atoms with van der Waals surface area (Å²) in [5, 5.41) is 0. The van der Waals surface area contributed by atoms with E-state index in [-0.39, 0.29) is 11.9 Å². The lowest BCUT2D eigenvalue weighted by atomic mass is 9.85. The first-order chi connectivity index (χ1) is 14.0. The molecule has 0 unspecified atom stereocenters. The van der Waals surface area contributed by atoms with Crippen molar-refractivity contribution in [1.29, 1.82) is 0 Å². The van der Waals surface area contributed by atoms with Gasteiger partial charge < -0.3 is 4.74 Å². The number of esters is 1. The minimum atomic E-state index is 0.000992. The van der Waals surface area contributed by atoms with Crippen molar-refractivity contribution in [3.05, 3.63) is 0 Å². The van der Waals surface area contributed by atoms with Gasteiger partial charge in [-0.15, -0.1) is 0 Å². The van der Waals surface area contributed by atoms with Crippen LogP contribution in [0.1, 0.15) is 121 Å². The molecular weight excluding hydrogens is 368 g/mol. The smallest absolute Gasteiger partial charge is 0.308 e. The highest BCUT2D eigenvalue weighted by Gasteiger charge is 2.21. The molecule has 0 spiro atoms. The molecule has 0 aliphatic carbocycles. The van der Waals surface area contributed by atoms with Crippen LogP contribution in [0, 0.1) is 47.3 Å². The molecule has 0 saturated carbocycles. The van der Waals surface area contributed by atoms with E-state index in [1.54, 1.807) is 0 Å². The fourth-order valence-corrected chi connectivity index (χ4v) is 5.29. The highest BCUT2D eigenvalue weighted by atomic mass is 16.5. The molecule has 8 atom stereocenters. The Morgan fingerprint density at radius 3 is 1.27 bits per heavy atom. The van der Waals surface area contributed by atoms with Gasteiger partial charge in [0.25, 0.3) is 0 Å². The Morgan fingerprint density at radius 1 is 0.533 bits per heavy atom. The molecule has 0 heterocycles. The van der Waals surface area contributed by atoms with Crippen LogP contribution in [0.3, 0.4) is 0 Å². The van der Waals surface area contributed by atoms with E-state index < -0.39 is 0 Å². The van der Waals surface area contributed by atoms with Crippen molar-refractivity contribution in [3.8, 4) is 0 Å². The summed E-state index contributed by atoms with van der Waals surface area (Å²) < 4.78 is 5.70. The molecule has 0 N–H and O–H groups in total. The molecule has 30 heavy (non-hydrogen) atoms. The zero-order valence-corrected chi connectivity index (χ0v) is 22.3. The molecule has 0 amide bonds. The molecule has 0 saturated heterocycles. The minimum absolute atomic E-state index is 0.000992. The van der Waals surface area contributed by atoms with Crippen LogP contribution in [0.25, 0.3) is 0 Å². The van der Waals surface area contributed by atoms with Gasteiger partial charge in [0.1, 0.15) is 0 Å². The predicted octanol–water partition coefficient (Wildman–Crippen LogP) is 8.78. The van der Waals surface area contributed by atoms with Crippen molar-refractivity contribution in [2.24, 2.45) is 47.3 Å². The first-order valence-corrected chi connectivity index (χ1v) is 13.1. The standard InChI is InChI=1S/C28H56O2/c1-11-20(3)13-22(5)15-24(7)17-26(9)19-30-28(29)27(10)18-25(8)16-23(6)14-21(4)12-2/h20-27H,11-19H2,1-10H3/t20-,21-,22-,23-,24-,25-,26-,27-/m1/s1. The molecule has 2 heteroatoms. The zero-order chi connectivity index (χ0) is 23.3. The number of hydrogen-bond donors (Lipinski definition) is 0. The second-order valence-electron chi connectivity index (χ2n) is 11.5. The molecule has 0 radical (unpaired) electrons. The highest BCUT2D eigenvalue weighted by Crippen LogP contribution is 2.27. The van der Waals surface area contributed by atoms with Gasteiger partial charge >= 0.3 is 5.97 Å². The molecule has 0 fully saturated rings. The van der Waals surface area contributed by atoms with E-state index in [1.165, 1.54) is 38.5 Å². The van der Waals surface area contributed by atoms with Crippen molar-refractivity contribution in [3.63, 3.8) is 0 Å². The lowest BCUT2D eigenvalue weighted by molar-refractivity contribution is -0.150. The summed E-state index contributed by atoms with van der Waals surface area (Å²) in [4.78, 5) is 12.5. The third kappa shape index (κ3) is 14.5. The van der Waals surface area contributed by atoms with E-state index in [1.807, 2.05) is 6.92 Å². The number of ether oxygens (including phenoxy) is 1. The van der Waals surface area contributed by atoms with Gasteiger partial charge in [0, 0.05) is 0 Å². The van der Waals surface area contributed by atoms with Crippen LogP contribution in [0.15, 0.2) is 0 Å². The van der Waals surface area contributed by atoms with E-state index in [2.05, 4.69) is 62.3 Å². The van der Waals surface area contributed by atoms with Crippen LogP contribution < -0.4 is 0 Å². The van der Waals surface area contributed by atoms with Crippen LogP contribution in [-0.4, -0.2) is 12.6 Å². The normalized spacial score (nSPS) is 19.9. The molecule has 0 rings (SSSR count). The highest BCUT2D eigenvalue weighted by molar-refractivity contribution is 5.71. The summed E-state index contributed by atoms with van der Waals surface area (Å²) in [6, 6.07) is 0. The van der Waals surface area contributed by atoms with Crippen LogP contribution in [-0.2, 0) is 9.53 Å². The first-order valence-electron chi connectivity index (χ1n) is 13.1. The van der Waals surface area contributed by atoms with Crippen molar-refractivity contribution in [2.75, 3.05) is 6.61 Å². The SMILES string of the molecule is CC[C@@H](C)C[C@@H](C)C[C@@H](C)C[C@@H](C)C(=O)OC[C@H](C)C[C@H](C)C[C@H](C)C[C@H](C)CC. The van der Waals surface area contributed by atoms with Crippen LogP contribution in [0.5, 0.6) is 0 Å². The molecule has 0 bridgehead atoms. The average Bonchev–Trinajstić information content (AvgIpc) is 2.64. The van der Waals surface area contributed by atoms with Crippen molar-refractivity contribution >= 4 is 5.97 Å². The fourth-order valence-electron chi connectivity index (χ4n) is 5.29. The van der Waals surface area contributed by atoms with Crippen molar-refractivity contribution in [2.45, 2.75) is 121 Å². The van der Waals surface area contributed by atoms with Crippen molar-refractivity contribution in [1.82, 2.24) is 0 Å². The summed E-state index contributed by atoms with van der Waals surface area (Å²) in [6.07, 6.45) is 9.75. The third-order valence-corrected chi connectivity index (χ3v) is 7.09. The average molecular weight is 425 g/mol. The molecule has 0 aliphatic rings. The second kappa shape index (κ2) is 16.2. The van der Waals surface area contributed by atoms with E-state index >= 15 is 0 Å².